The van der Waals surface area contributed by atoms with Crippen LogP contribution in [0.2, 0.25) is 0 Å². The minimum atomic E-state index is -0.712. The Balaban J connectivity index is 1.34. The second-order valence-electron chi connectivity index (χ2n) is 11.5. The number of nitrogens with zero attached hydrogens (tertiary/aromatic N) is 1. The third kappa shape index (κ3) is 6.45. The number of aromatic nitrogens is 1. The first-order valence-corrected chi connectivity index (χ1v) is 14.3. The van der Waals surface area contributed by atoms with Crippen LogP contribution in [0.3, 0.4) is 0 Å². The Bertz CT molecular complexity index is 1440. The summed E-state index contributed by atoms with van der Waals surface area (Å²) in [7, 11) is 4.04. The van der Waals surface area contributed by atoms with E-state index in [1.54, 1.807) is 0 Å². The maximum atomic E-state index is 13.8. The lowest BCUT2D eigenvalue weighted by Gasteiger charge is -2.31. The molecule has 3 N–H and O–H groups in total. The highest BCUT2D eigenvalue weighted by atomic mass is 16.2. The van der Waals surface area contributed by atoms with Crippen molar-refractivity contribution in [3.63, 3.8) is 0 Å². The maximum Gasteiger partial charge on any atom is 0.247 e. The van der Waals surface area contributed by atoms with Gasteiger partial charge in [0.25, 0.3) is 0 Å². The van der Waals surface area contributed by atoms with E-state index in [2.05, 4.69) is 56.9 Å². The lowest BCUT2D eigenvalue weighted by atomic mass is 9.78. The summed E-state index contributed by atoms with van der Waals surface area (Å²) in [5.41, 5.74) is 5.24. The van der Waals surface area contributed by atoms with Crippen LogP contribution in [0.1, 0.15) is 61.1 Å². The Morgan fingerprint density at radius 1 is 0.925 bits per heavy atom. The van der Waals surface area contributed by atoms with Crippen molar-refractivity contribution in [2.24, 2.45) is 5.92 Å². The first-order chi connectivity index (χ1) is 19.4. The Hall–Kier alpha value is -3.90. The number of rotatable bonds is 9. The molecule has 1 aliphatic rings. The van der Waals surface area contributed by atoms with Crippen molar-refractivity contribution in [3.8, 4) is 0 Å². The number of benzene rings is 3. The van der Waals surface area contributed by atoms with Crippen molar-refractivity contribution in [2.45, 2.75) is 57.0 Å². The zero-order chi connectivity index (χ0) is 28.1. The predicted molar refractivity (Wildman–Crippen MR) is 162 cm³/mol. The molecule has 0 bridgehead atoms. The largest absolute Gasteiger partial charge is 0.361 e. The van der Waals surface area contributed by atoms with Gasteiger partial charge in [-0.2, -0.15) is 0 Å². The second kappa shape index (κ2) is 12.5. The van der Waals surface area contributed by atoms with E-state index in [-0.39, 0.29) is 23.7 Å². The summed E-state index contributed by atoms with van der Waals surface area (Å²) in [6, 6.07) is 25.8. The van der Waals surface area contributed by atoms with Gasteiger partial charge in [-0.05, 0) is 80.6 Å². The van der Waals surface area contributed by atoms with Gasteiger partial charge in [0.2, 0.25) is 11.8 Å². The summed E-state index contributed by atoms with van der Waals surface area (Å²) in [5.74, 6) is -0.0608. The molecule has 0 saturated heterocycles. The molecular formula is C34H40N4O2. The fourth-order valence-corrected chi connectivity index (χ4v) is 6.09. The molecule has 6 nitrogen and oxygen atoms in total. The standard InChI is InChI=1S/C34H40N4O2/c1-23(30-21-35-31-15-8-7-14-29(30)31)32(34(40)36-28-13-9-10-24(20-28)22-38(2)3)37-33(39)27-18-16-26(17-19-27)25-11-5-4-6-12-25/h4-15,20-21,23,26-27,32,35H,16-19,22H2,1-3H3,(H,36,40)(H,37,39)/t23-,26?,27?,32-/m1/s1. The molecule has 0 unspecified atom stereocenters. The zero-order valence-corrected chi connectivity index (χ0v) is 23.7. The fourth-order valence-electron chi connectivity index (χ4n) is 6.09. The quantitative estimate of drug-likeness (QED) is 0.231. The third-order valence-electron chi connectivity index (χ3n) is 8.25. The molecule has 1 heterocycles. The van der Waals surface area contributed by atoms with E-state index in [0.717, 1.165) is 59.9 Å². The van der Waals surface area contributed by atoms with E-state index in [9.17, 15) is 9.59 Å². The maximum absolute atomic E-state index is 13.8. The molecule has 0 spiro atoms. The number of carbonyl (C=O) groups is 2. The minimum Gasteiger partial charge on any atom is -0.361 e. The summed E-state index contributed by atoms with van der Waals surface area (Å²) in [4.78, 5) is 32.9. The molecule has 5 rings (SSSR count). The molecule has 2 amide bonds. The summed E-state index contributed by atoms with van der Waals surface area (Å²) < 4.78 is 0. The van der Waals surface area contributed by atoms with Gasteiger partial charge in [0, 0.05) is 41.2 Å². The Morgan fingerprint density at radius 2 is 1.65 bits per heavy atom. The highest BCUT2D eigenvalue weighted by molar-refractivity contribution is 5.99. The molecule has 1 aliphatic carbocycles. The van der Waals surface area contributed by atoms with Crippen LogP contribution in [0.5, 0.6) is 0 Å². The number of nitrogens with one attached hydrogen (secondary N) is 3. The average Bonchev–Trinajstić information content (AvgIpc) is 3.40. The lowest BCUT2D eigenvalue weighted by Crippen LogP contribution is -2.49. The van der Waals surface area contributed by atoms with Crippen molar-refractivity contribution in [2.75, 3.05) is 19.4 Å². The second-order valence-corrected chi connectivity index (χ2v) is 11.5. The number of carbonyl (C=O) groups excluding carboxylic acids is 2. The molecule has 40 heavy (non-hydrogen) atoms. The molecule has 1 fully saturated rings. The SMILES string of the molecule is C[C@H](c1c[nH]c2ccccc12)[C@@H](NC(=O)C1CCC(c2ccccc2)CC1)C(=O)Nc1cccc(CN(C)C)c1. The Labute approximate surface area is 237 Å². The molecule has 208 valence electrons. The number of hydrogen-bond donors (Lipinski definition) is 3. The Morgan fingerprint density at radius 3 is 2.40 bits per heavy atom. The van der Waals surface area contributed by atoms with Crippen LogP contribution >= 0.6 is 0 Å². The molecule has 1 aromatic heterocycles. The lowest BCUT2D eigenvalue weighted by molar-refractivity contribution is -0.130. The predicted octanol–water partition coefficient (Wildman–Crippen LogP) is 6.43. The van der Waals surface area contributed by atoms with E-state index in [1.165, 1.54) is 5.56 Å². The fraction of sp³-hybridized carbons (Fsp3) is 0.353. The van der Waals surface area contributed by atoms with Crippen LogP contribution in [0.4, 0.5) is 5.69 Å². The van der Waals surface area contributed by atoms with Gasteiger partial charge in [0.05, 0.1) is 0 Å². The van der Waals surface area contributed by atoms with Gasteiger partial charge in [-0.3, -0.25) is 9.59 Å². The van der Waals surface area contributed by atoms with Crippen LogP contribution in [-0.2, 0) is 16.1 Å². The van der Waals surface area contributed by atoms with Crippen molar-refractivity contribution >= 4 is 28.4 Å². The molecule has 0 radical (unpaired) electrons. The highest BCUT2D eigenvalue weighted by Crippen LogP contribution is 2.36. The zero-order valence-electron chi connectivity index (χ0n) is 23.7. The summed E-state index contributed by atoms with van der Waals surface area (Å²) in [6.45, 7) is 2.80. The smallest absolute Gasteiger partial charge is 0.247 e. The van der Waals surface area contributed by atoms with E-state index in [1.807, 2.05) is 69.7 Å². The van der Waals surface area contributed by atoms with Gasteiger partial charge in [0.1, 0.15) is 6.04 Å². The molecule has 4 aromatic rings. The number of amides is 2. The summed E-state index contributed by atoms with van der Waals surface area (Å²) in [6.07, 6.45) is 5.58. The van der Waals surface area contributed by atoms with Crippen LogP contribution < -0.4 is 10.6 Å². The number of para-hydroxylation sites is 1. The van der Waals surface area contributed by atoms with E-state index >= 15 is 0 Å². The monoisotopic (exact) mass is 536 g/mol. The third-order valence-corrected chi connectivity index (χ3v) is 8.25. The van der Waals surface area contributed by atoms with Crippen LogP contribution in [0.25, 0.3) is 10.9 Å². The van der Waals surface area contributed by atoms with Gasteiger partial charge in [0.15, 0.2) is 0 Å². The minimum absolute atomic E-state index is 0.0280. The van der Waals surface area contributed by atoms with Gasteiger partial charge >= 0.3 is 0 Å². The van der Waals surface area contributed by atoms with Crippen LogP contribution in [0, 0.1) is 5.92 Å². The van der Waals surface area contributed by atoms with Gasteiger partial charge in [-0.1, -0.05) is 67.6 Å². The Kier molecular flexibility index (Phi) is 8.66. The molecule has 3 aromatic carbocycles. The van der Waals surface area contributed by atoms with Gasteiger partial charge in [-0.15, -0.1) is 0 Å². The average molecular weight is 537 g/mol. The van der Waals surface area contributed by atoms with Crippen LogP contribution in [0.15, 0.2) is 85.1 Å². The van der Waals surface area contributed by atoms with Crippen molar-refractivity contribution in [3.05, 3.63) is 102 Å². The molecule has 0 aliphatic heterocycles. The molecule has 6 heteroatoms. The topological polar surface area (TPSA) is 77.2 Å². The first kappa shape index (κ1) is 27.7. The molecular weight excluding hydrogens is 496 g/mol. The molecule has 2 atom stereocenters. The molecule has 1 saturated carbocycles. The highest BCUT2D eigenvalue weighted by Gasteiger charge is 2.33. The summed E-state index contributed by atoms with van der Waals surface area (Å²) >= 11 is 0. The normalized spacial score (nSPS) is 18.8. The van der Waals surface area contributed by atoms with Crippen molar-refractivity contribution in [1.82, 2.24) is 15.2 Å². The van der Waals surface area contributed by atoms with E-state index in [4.69, 9.17) is 0 Å². The van der Waals surface area contributed by atoms with Gasteiger partial charge < -0.3 is 20.5 Å². The number of anilines is 1. The van der Waals surface area contributed by atoms with Gasteiger partial charge in [-0.25, -0.2) is 0 Å². The number of fused-ring (bicyclic) bond motifs is 1. The number of hydrogen-bond acceptors (Lipinski definition) is 3. The first-order valence-electron chi connectivity index (χ1n) is 14.3. The van der Waals surface area contributed by atoms with Crippen molar-refractivity contribution < 1.29 is 9.59 Å². The number of H-pyrrole nitrogens is 1. The summed E-state index contributed by atoms with van der Waals surface area (Å²) in [5, 5.41) is 7.36. The van der Waals surface area contributed by atoms with E-state index < -0.39 is 6.04 Å². The van der Waals surface area contributed by atoms with Crippen molar-refractivity contribution in [1.29, 1.82) is 0 Å². The van der Waals surface area contributed by atoms with Crippen LogP contribution in [-0.4, -0.2) is 41.8 Å². The van der Waals surface area contributed by atoms with E-state index in [0.29, 0.717) is 5.92 Å². The number of aromatic amines is 1.